The van der Waals surface area contributed by atoms with Crippen LogP contribution in [0.25, 0.3) is 16.9 Å². The fourth-order valence-corrected chi connectivity index (χ4v) is 3.39. The molecule has 0 radical (unpaired) electrons. The summed E-state index contributed by atoms with van der Waals surface area (Å²) < 4.78 is 3.28. The summed E-state index contributed by atoms with van der Waals surface area (Å²) in [7, 11) is 0. The van der Waals surface area contributed by atoms with Gasteiger partial charge in [-0.05, 0) is 52.9 Å². The van der Waals surface area contributed by atoms with Gasteiger partial charge in [0, 0.05) is 11.8 Å². The highest BCUT2D eigenvalue weighted by molar-refractivity contribution is 9.10. The zero-order valence-corrected chi connectivity index (χ0v) is 12.0. The molecule has 3 aromatic rings. The maximum Gasteiger partial charge on any atom is 0.152 e. The third kappa shape index (κ3) is 1.65. The van der Waals surface area contributed by atoms with Crippen molar-refractivity contribution in [3.05, 3.63) is 58.3 Å². The summed E-state index contributed by atoms with van der Waals surface area (Å²) in [5.74, 6) is 0. The van der Waals surface area contributed by atoms with Gasteiger partial charge in [-0.15, -0.1) is 0 Å². The van der Waals surface area contributed by atoms with Crippen molar-refractivity contribution >= 4 is 21.6 Å². The van der Waals surface area contributed by atoms with Gasteiger partial charge in [-0.3, -0.25) is 0 Å². The number of aromatic nitrogens is 2. The molecule has 0 aliphatic heterocycles. The third-order valence-electron chi connectivity index (χ3n) is 3.83. The summed E-state index contributed by atoms with van der Waals surface area (Å²) in [6.07, 6.45) is 5.52. The van der Waals surface area contributed by atoms with Gasteiger partial charge in [0.2, 0.25) is 0 Å². The normalized spacial score (nSPS) is 13.9. The lowest BCUT2D eigenvalue weighted by atomic mass is 10.0. The van der Waals surface area contributed by atoms with Crippen LogP contribution in [0.5, 0.6) is 0 Å². The minimum atomic E-state index is 1.02. The number of aryl methyl sites for hydroxylation is 2. The molecule has 4 rings (SSSR count). The highest BCUT2D eigenvalue weighted by Gasteiger charge is 2.20. The first-order valence-electron chi connectivity index (χ1n) is 6.58. The quantitative estimate of drug-likeness (QED) is 0.606. The first kappa shape index (κ1) is 11.2. The second kappa shape index (κ2) is 4.20. The van der Waals surface area contributed by atoms with Crippen molar-refractivity contribution in [2.45, 2.75) is 19.3 Å². The second-order valence-corrected chi connectivity index (χ2v) is 5.82. The summed E-state index contributed by atoms with van der Waals surface area (Å²) in [6, 6.07) is 12.8. The monoisotopic (exact) mass is 312 g/mol. The van der Waals surface area contributed by atoms with E-state index in [9.17, 15) is 0 Å². The fourth-order valence-electron chi connectivity index (χ4n) is 2.95. The van der Waals surface area contributed by atoms with Gasteiger partial charge in [0.05, 0.1) is 15.9 Å². The first-order chi connectivity index (χ1) is 9.34. The van der Waals surface area contributed by atoms with Gasteiger partial charge in [-0.1, -0.05) is 24.3 Å². The van der Waals surface area contributed by atoms with Crippen LogP contribution < -0.4 is 0 Å². The highest BCUT2D eigenvalue weighted by Crippen LogP contribution is 2.33. The van der Waals surface area contributed by atoms with E-state index in [1.165, 1.54) is 23.2 Å². The molecule has 0 unspecified atom stereocenters. The average molecular weight is 313 g/mol. The van der Waals surface area contributed by atoms with Crippen molar-refractivity contribution in [1.82, 2.24) is 9.38 Å². The predicted octanol–water partition coefficient (Wildman–Crippen LogP) is 4.25. The van der Waals surface area contributed by atoms with E-state index >= 15 is 0 Å². The van der Waals surface area contributed by atoms with Gasteiger partial charge in [0.25, 0.3) is 0 Å². The molecule has 0 fully saturated rings. The molecule has 1 aliphatic rings. The lowest BCUT2D eigenvalue weighted by molar-refractivity contribution is 0.805. The van der Waals surface area contributed by atoms with E-state index in [1.54, 1.807) is 0 Å². The molecule has 2 heterocycles. The molecule has 2 nitrogen and oxygen atoms in total. The number of hydrogen-bond donors (Lipinski definition) is 0. The fraction of sp³-hybridized carbons (Fsp3) is 0.188. The number of halogens is 1. The Morgan fingerprint density at radius 2 is 1.95 bits per heavy atom. The number of nitrogens with zero attached hydrogens (tertiary/aromatic N) is 2. The van der Waals surface area contributed by atoms with Crippen LogP contribution in [0, 0.1) is 0 Å². The molecule has 3 heteroatoms. The number of benzene rings is 1. The molecule has 0 N–H and O–H groups in total. The molecule has 0 amide bonds. The molecular formula is C16H13BrN2. The van der Waals surface area contributed by atoms with E-state index in [2.05, 4.69) is 56.9 Å². The molecule has 94 valence electrons. The summed E-state index contributed by atoms with van der Waals surface area (Å²) in [5, 5.41) is 0. The van der Waals surface area contributed by atoms with Crippen molar-refractivity contribution in [3.8, 4) is 11.3 Å². The predicted molar refractivity (Wildman–Crippen MR) is 80.4 cm³/mol. The smallest absolute Gasteiger partial charge is 0.152 e. The van der Waals surface area contributed by atoms with Gasteiger partial charge < -0.3 is 4.40 Å². The molecule has 0 saturated heterocycles. The van der Waals surface area contributed by atoms with E-state index in [4.69, 9.17) is 4.98 Å². The number of rotatable bonds is 0. The van der Waals surface area contributed by atoms with Crippen LogP contribution in [0.4, 0.5) is 0 Å². The molecule has 0 spiro atoms. The number of pyridine rings is 1. The van der Waals surface area contributed by atoms with Gasteiger partial charge in [-0.2, -0.15) is 0 Å². The molecule has 0 saturated carbocycles. The Morgan fingerprint density at radius 1 is 1.05 bits per heavy atom. The van der Waals surface area contributed by atoms with Crippen LogP contribution in [-0.2, 0) is 12.8 Å². The maximum atomic E-state index is 4.87. The van der Waals surface area contributed by atoms with Crippen LogP contribution in [0.15, 0.2) is 47.1 Å². The summed E-state index contributed by atoms with van der Waals surface area (Å²) in [4.78, 5) is 4.87. The minimum Gasteiger partial charge on any atom is -0.302 e. The van der Waals surface area contributed by atoms with Crippen LogP contribution in [-0.4, -0.2) is 9.38 Å². The molecule has 19 heavy (non-hydrogen) atoms. The number of fused-ring (bicyclic) bond motifs is 5. The topological polar surface area (TPSA) is 17.3 Å². The zero-order chi connectivity index (χ0) is 12.8. The van der Waals surface area contributed by atoms with Crippen LogP contribution in [0.1, 0.15) is 17.7 Å². The second-order valence-electron chi connectivity index (χ2n) is 4.97. The zero-order valence-electron chi connectivity index (χ0n) is 10.4. The molecule has 0 atom stereocenters. The van der Waals surface area contributed by atoms with Crippen molar-refractivity contribution in [2.75, 3.05) is 0 Å². The van der Waals surface area contributed by atoms with Gasteiger partial charge in [0.1, 0.15) is 0 Å². The number of hydrogen-bond acceptors (Lipinski definition) is 1. The van der Waals surface area contributed by atoms with Gasteiger partial charge in [-0.25, -0.2) is 4.98 Å². The summed E-state index contributed by atoms with van der Waals surface area (Å²) in [6.45, 7) is 0. The highest BCUT2D eigenvalue weighted by atomic mass is 79.9. The minimum absolute atomic E-state index is 1.02. The van der Waals surface area contributed by atoms with Crippen LogP contribution >= 0.6 is 15.9 Å². The molecule has 0 bridgehead atoms. The van der Waals surface area contributed by atoms with Gasteiger partial charge in [0.15, 0.2) is 5.65 Å². The van der Waals surface area contributed by atoms with Crippen LogP contribution in [0.3, 0.4) is 0 Å². The lowest BCUT2D eigenvalue weighted by Crippen LogP contribution is -1.93. The molecule has 1 aliphatic carbocycles. The summed E-state index contributed by atoms with van der Waals surface area (Å²) in [5.41, 5.74) is 6.22. The molecule has 2 aromatic heterocycles. The van der Waals surface area contributed by atoms with Crippen LogP contribution in [0.2, 0.25) is 0 Å². The van der Waals surface area contributed by atoms with Crippen molar-refractivity contribution in [1.29, 1.82) is 0 Å². The first-order valence-corrected chi connectivity index (χ1v) is 7.37. The van der Waals surface area contributed by atoms with E-state index in [1.807, 2.05) is 6.07 Å². The molecule has 1 aromatic carbocycles. The lowest BCUT2D eigenvalue weighted by Gasteiger charge is -2.03. The standard InChI is InChI=1S/C16H13BrN2/c17-13-8-4-10-19-14-9-3-6-11-5-1-2-7-12(11)15(14)18-16(13)19/h1-2,4-5,7-8,10H,3,6,9H2. The van der Waals surface area contributed by atoms with Gasteiger partial charge >= 0.3 is 0 Å². The van der Waals surface area contributed by atoms with Crippen molar-refractivity contribution < 1.29 is 0 Å². The Hall–Kier alpha value is -1.61. The largest absolute Gasteiger partial charge is 0.302 e. The third-order valence-corrected chi connectivity index (χ3v) is 4.45. The van der Waals surface area contributed by atoms with Crippen molar-refractivity contribution in [3.63, 3.8) is 0 Å². The van der Waals surface area contributed by atoms with E-state index < -0.39 is 0 Å². The Bertz CT molecular complexity index is 774. The summed E-state index contributed by atoms with van der Waals surface area (Å²) >= 11 is 3.60. The molecular weight excluding hydrogens is 300 g/mol. The van der Waals surface area contributed by atoms with E-state index in [-0.39, 0.29) is 0 Å². The Balaban J connectivity index is 2.10. The Kier molecular flexibility index (Phi) is 2.49. The Labute approximate surface area is 120 Å². The Morgan fingerprint density at radius 3 is 2.89 bits per heavy atom. The van der Waals surface area contributed by atoms with E-state index in [0.29, 0.717) is 0 Å². The SMILES string of the molecule is Brc1cccn2c3c(nc12)-c1ccccc1CCC3. The average Bonchev–Trinajstić information content (AvgIpc) is 2.71. The maximum absolute atomic E-state index is 4.87. The number of imidazole rings is 1. The van der Waals surface area contributed by atoms with Crippen molar-refractivity contribution in [2.24, 2.45) is 0 Å². The van der Waals surface area contributed by atoms with E-state index in [0.717, 1.165) is 28.7 Å².